The van der Waals surface area contributed by atoms with Crippen molar-refractivity contribution in [1.29, 1.82) is 0 Å². The molecular weight excluding hydrogens is 338 g/mol. The summed E-state index contributed by atoms with van der Waals surface area (Å²) < 4.78 is 27.4. The van der Waals surface area contributed by atoms with E-state index in [1.165, 1.54) is 4.31 Å². The van der Waals surface area contributed by atoms with E-state index in [9.17, 15) is 8.42 Å². The summed E-state index contributed by atoms with van der Waals surface area (Å²) in [5, 5.41) is 0. The first-order valence-electron chi connectivity index (χ1n) is 6.14. The molecule has 0 amide bonds. The van der Waals surface area contributed by atoms with Gasteiger partial charge < -0.3 is 0 Å². The van der Waals surface area contributed by atoms with Crippen LogP contribution in [-0.2, 0) is 10.0 Å². The number of halogens is 1. The maximum Gasteiger partial charge on any atom is 0.264 e. The molecule has 0 fully saturated rings. The van der Waals surface area contributed by atoms with Crippen LogP contribution in [0.5, 0.6) is 0 Å². The predicted molar refractivity (Wildman–Crippen MR) is 85.6 cm³/mol. The van der Waals surface area contributed by atoms with Crippen LogP contribution in [0.1, 0.15) is 11.1 Å². The second kappa shape index (κ2) is 5.58. The molecule has 0 atom stereocenters. The Morgan fingerprint density at radius 1 is 1.00 bits per heavy atom. The molecule has 0 heterocycles. The summed E-state index contributed by atoms with van der Waals surface area (Å²) in [4.78, 5) is 0.293. The van der Waals surface area contributed by atoms with Gasteiger partial charge in [-0.3, -0.25) is 4.31 Å². The lowest BCUT2D eigenvalue weighted by Gasteiger charge is -2.20. The van der Waals surface area contributed by atoms with E-state index in [1.807, 2.05) is 26.0 Å². The van der Waals surface area contributed by atoms with Crippen molar-refractivity contribution in [3.63, 3.8) is 0 Å². The molecule has 0 unspecified atom stereocenters. The molecule has 0 aromatic heterocycles. The summed E-state index contributed by atoms with van der Waals surface area (Å²) in [5.41, 5.74) is 2.64. The molecule has 0 spiro atoms. The fourth-order valence-corrected chi connectivity index (χ4v) is 3.36. The first-order chi connectivity index (χ1) is 9.32. The fraction of sp³-hybridized carbons (Fsp3) is 0.200. The number of hydrogen-bond acceptors (Lipinski definition) is 2. The molecule has 0 bridgehead atoms. The summed E-state index contributed by atoms with van der Waals surface area (Å²) in [6.45, 7) is 3.84. The number of hydrogen-bond donors (Lipinski definition) is 0. The zero-order valence-corrected chi connectivity index (χ0v) is 14.0. The molecule has 2 rings (SSSR count). The molecule has 0 aliphatic heterocycles. The second-order valence-electron chi connectivity index (χ2n) is 4.72. The van der Waals surface area contributed by atoms with E-state index in [0.29, 0.717) is 10.6 Å². The van der Waals surface area contributed by atoms with Crippen LogP contribution in [0.3, 0.4) is 0 Å². The Morgan fingerprint density at radius 2 is 1.60 bits per heavy atom. The zero-order chi connectivity index (χ0) is 14.9. The van der Waals surface area contributed by atoms with Gasteiger partial charge >= 0.3 is 0 Å². The van der Waals surface area contributed by atoms with Crippen LogP contribution in [0.2, 0.25) is 0 Å². The molecule has 5 heteroatoms. The summed E-state index contributed by atoms with van der Waals surface area (Å²) in [6.07, 6.45) is 0. The maximum absolute atomic E-state index is 12.6. The van der Waals surface area contributed by atoms with Gasteiger partial charge in [0, 0.05) is 11.5 Å². The van der Waals surface area contributed by atoms with Crippen LogP contribution in [0.15, 0.2) is 51.8 Å². The zero-order valence-electron chi connectivity index (χ0n) is 11.6. The van der Waals surface area contributed by atoms with E-state index >= 15 is 0 Å². The molecule has 3 nitrogen and oxygen atoms in total. The lowest BCUT2D eigenvalue weighted by atomic mass is 10.2. The third-order valence-corrected chi connectivity index (χ3v) is 5.86. The largest absolute Gasteiger partial charge is 0.269 e. The molecule has 0 radical (unpaired) electrons. The van der Waals surface area contributed by atoms with Crippen molar-refractivity contribution in [2.24, 2.45) is 0 Å². The summed E-state index contributed by atoms with van der Waals surface area (Å²) in [6, 6.07) is 12.4. The Bertz CT molecular complexity index is 724. The minimum Gasteiger partial charge on any atom is -0.269 e. The monoisotopic (exact) mass is 353 g/mol. The predicted octanol–water partition coefficient (Wildman–Crippen LogP) is 3.89. The number of sulfonamides is 1. The molecule has 0 N–H and O–H groups in total. The third kappa shape index (κ3) is 2.88. The van der Waals surface area contributed by atoms with Crippen LogP contribution in [0, 0.1) is 13.8 Å². The van der Waals surface area contributed by atoms with Crippen molar-refractivity contribution in [3.8, 4) is 0 Å². The van der Waals surface area contributed by atoms with Gasteiger partial charge in [0.2, 0.25) is 0 Å². The van der Waals surface area contributed by atoms with Crippen molar-refractivity contribution in [2.45, 2.75) is 18.7 Å². The SMILES string of the molecule is Cc1ccc(N(C)S(=O)(=O)c2ccc(Br)c(C)c2)cc1. The Morgan fingerprint density at radius 3 is 2.15 bits per heavy atom. The van der Waals surface area contributed by atoms with Crippen LogP contribution in [0.25, 0.3) is 0 Å². The molecular formula is C15H16BrNO2S. The first kappa shape index (κ1) is 15.1. The Kier molecular flexibility index (Phi) is 4.20. The number of rotatable bonds is 3. The van der Waals surface area contributed by atoms with Gasteiger partial charge in [-0.25, -0.2) is 8.42 Å². The lowest BCUT2D eigenvalue weighted by Crippen LogP contribution is -2.26. The highest BCUT2D eigenvalue weighted by Crippen LogP contribution is 2.25. The van der Waals surface area contributed by atoms with Gasteiger partial charge in [-0.2, -0.15) is 0 Å². The van der Waals surface area contributed by atoms with Gasteiger partial charge in [0.05, 0.1) is 10.6 Å². The van der Waals surface area contributed by atoms with Crippen molar-refractivity contribution >= 4 is 31.6 Å². The molecule has 2 aromatic carbocycles. The van der Waals surface area contributed by atoms with Gasteiger partial charge in [0.25, 0.3) is 10.0 Å². The Labute approximate surface area is 128 Å². The van der Waals surface area contributed by atoms with Gasteiger partial charge in [-0.05, 0) is 49.7 Å². The van der Waals surface area contributed by atoms with E-state index in [-0.39, 0.29) is 0 Å². The van der Waals surface area contributed by atoms with E-state index in [1.54, 1.807) is 37.4 Å². The van der Waals surface area contributed by atoms with Crippen LogP contribution in [-0.4, -0.2) is 15.5 Å². The smallest absolute Gasteiger partial charge is 0.264 e. The van der Waals surface area contributed by atoms with Crippen molar-refractivity contribution in [1.82, 2.24) is 0 Å². The van der Waals surface area contributed by atoms with E-state index in [2.05, 4.69) is 15.9 Å². The normalized spacial score (nSPS) is 11.4. The summed E-state index contributed by atoms with van der Waals surface area (Å²) >= 11 is 3.38. The van der Waals surface area contributed by atoms with Crippen LogP contribution < -0.4 is 4.31 Å². The van der Waals surface area contributed by atoms with Gasteiger partial charge in [0.15, 0.2) is 0 Å². The molecule has 0 aliphatic carbocycles. The number of nitrogens with zero attached hydrogens (tertiary/aromatic N) is 1. The molecule has 0 saturated carbocycles. The van der Waals surface area contributed by atoms with E-state index in [4.69, 9.17) is 0 Å². The highest BCUT2D eigenvalue weighted by Gasteiger charge is 2.21. The maximum atomic E-state index is 12.6. The Hall–Kier alpha value is -1.33. The third-order valence-electron chi connectivity index (χ3n) is 3.19. The molecule has 0 saturated heterocycles. The van der Waals surface area contributed by atoms with Crippen molar-refractivity contribution in [3.05, 3.63) is 58.1 Å². The minimum atomic E-state index is -3.53. The quantitative estimate of drug-likeness (QED) is 0.839. The molecule has 106 valence electrons. The second-order valence-corrected chi connectivity index (χ2v) is 7.54. The van der Waals surface area contributed by atoms with E-state index < -0.39 is 10.0 Å². The minimum absolute atomic E-state index is 0.293. The summed E-state index contributed by atoms with van der Waals surface area (Å²) in [5.74, 6) is 0. The van der Waals surface area contributed by atoms with Crippen molar-refractivity contribution in [2.75, 3.05) is 11.4 Å². The number of anilines is 1. The summed E-state index contributed by atoms with van der Waals surface area (Å²) in [7, 11) is -1.96. The highest BCUT2D eigenvalue weighted by molar-refractivity contribution is 9.10. The standard InChI is InChI=1S/C15H16BrNO2S/c1-11-4-6-13(7-5-11)17(3)20(18,19)14-8-9-15(16)12(2)10-14/h4-10H,1-3H3. The number of benzene rings is 2. The van der Waals surface area contributed by atoms with Gasteiger partial charge in [-0.15, -0.1) is 0 Å². The average molecular weight is 354 g/mol. The van der Waals surface area contributed by atoms with Crippen molar-refractivity contribution < 1.29 is 8.42 Å². The van der Waals surface area contributed by atoms with Crippen LogP contribution >= 0.6 is 15.9 Å². The molecule has 20 heavy (non-hydrogen) atoms. The van der Waals surface area contributed by atoms with Gasteiger partial charge in [-0.1, -0.05) is 33.6 Å². The topological polar surface area (TPSA) is 37.4 Å². The molecule has 2 aromatic rings. The molecule has 0 aliphatic rings. The van der Waals surface area contributed by atoms with Gasteiger partial charge in [0.1, 0.15) is 0 Å². The van der Waals surface area contributed by atoms with E-state index in [0.717, 1.165) is 15.6 Å². The average Bonchev–Trinajstić information content (AvgIpc) is 2.41. The Balaban J connectivity index is 2.43. The van der Waals surface area contributed by atoms with Crippen LogP contribution in [0.4, 0.5) is 5.69 Å². The highest BCUT2D eigenvalue weighted by atomic mass is 79.9. The first-order valence-corrected chi connectivity index (χ1v) is 8.37. The number of aryl methyl sites for hydroxylation is 2. The lowest BCUT2D eigenvalue weighted by molar-refractivity contribution is 0.594. The fourth-order valence-electron chi connectivity index (χ4n) is 1.83.